The molecule has 0 heterocycles. The molecular weight excluding hydrogens is 352 g/mol. The van der Waals surface area contributed by atoms with Crippen molar-refractivity contribution in [3.63, 3.8) is 0 Å². The van der Waals surface area contributed by atoms with E-state index in [0.717, 1.165) is 18.4 Å². The van der Waals surface area contributed by atoms with E-state index in [-0.39, 0.29) is 11.4 Å². The molecule has 0 spiro atoms. The fourth-order valence-electron chi connectivity index (χ4n) is 2.14. The molecule has 1 aromatic rings. The molecular formula is C15H19BrN2O2S. The molecule has 1 fully saturated rings. The molecule has 6 heteroatoms. The highest BCUT2D eigenvalue weighted by Crippen LogP contribution is 2.33. The van der Waals surface area contributed by atoms with Crippen LogP contribution in [0.2, 0.25) is 0 Å². The van der Waals surface area contributed by atoms with Gasteiger partial charge in [0.1, 0.15) is 0 Å². The van der Waals surface area contributed by atoms with Crippen LogP contribution in [-0.2, 0) is 16.6 Å². The molecule has 0 aromatic heterocycles. The summed E-state index contributed by atoms with van der Waals surface area (Å²) < 4.78 is 27.7. The highest BCUT2D eigenvalue weighted by atomic mass is 79.9. The lowest BCUT2D eigenvalue weighted by atomic mass is 10.2. The standard InChI is InChI=1S/C15H19BrN2O2S/c1-3-8-18(11-12-4-5-12)21(19,20)15-9-13(10-17-2)6-7-14(15)16/h1,6-7,9,12,17H,4-5,8,10-11H2,2H3. The zero-order valence-corrected chi connectivity index (χ0v) is 14.4. The molecule has 0 saturated heterocycles. The molecule has 0 atom stereocenters. The van der Waals surface area contributed by atoms with E-state index in [0.29, 0.717) is 23.5 Å². The third-order valence-electron chi connectivity index (χ3n) is 3.42. The first kappa shape index (κ1) is 16.5. The molecule has 0 radical (unpaired) electrons. The summed E-state index contributed by atoms with van der Waals surface area (Å²) in [4.78, 5) is 0.283. The van der Waals surface area contributed by atoms with Gasteiger partial charge in [-0.2, -0.15) is 4.31 Å². The second-order valence-electron chi connectivity index (χ2n) is 5.24. The van der Waals surface area contributed by atoms with E-state index in [9.17, 15) is 8.42 Å². The summed E-state index contributed by atoms with van der Waals surface area (Å²) >= 11 is 3.34. The Labute approximate surface area is 135 Å². The van der Waals surface area contributed by atoms with Crippen LogP contribution in [0, 0.1) is 18.3 Å². The number of nitrogens with one attached hydrogen (secondary N) is 1. The topological polar surface area (TPSA) is 49.4 Å². The van der Waals surface area contributed by atoms with E-state index < -0.39 is 10.0 Å². The maximum absolute atomic E-state index is 12.8. The Morgan fingerprint density at radius 2 is 2.19 bits per heavy atom. The number of hydrogen-bond donors (Lipinski definition) is 1. The van der Waals surface area contributed by atoms with Gasteiger partial charge < -0.3 is 5.32 Å². The second kappa shape index (κ2) is 6.93. The van der Waals surface area contributed by atoms with Crippen molar-refractivity contribution in [2.24, 2.45) is 5.92 Å². The minimum absolute atomic E-state index is 0.113. The van der Waals surface area contributed by atoms with Crippen molar-refractivity contribution in [1.82, 2.24) is 9.62 Å². The minimum Gasteiger partial charge on any atom is -0.316 e. The summed E-state index contributed by atoms with van der Waals surface area (Å²) in [7, 11) is -1.75. The van der Waals surface area contributed by atoms with Gasteiger partial charge in [0.25, 0.3) is 0 Å². The molecule has 0 amide bonds. The van der Waals surface area contributed by atoms with Crippen LogP contribution >= 0.6 is 15.9 Å². The van der Waals surface area contributed by atoms with Crippen molar-refractivity contribution in [2.75, 3.05) is 20.1 Å². The van der Waals surface area contributed by atoms with Crippen LogP contribution in [0.5, 0.6) is 0 Å². The van der Waals surface area contributed by atoms with Gasteiger partial charge >= 0.3 is 0 Å². The van der Waals surface area contributed by atoms with Gasteiger partial charge in [0.15, 0.2) is 0 Å². The summed E-state index contributed by atoms with van der Waals surface area (Å²) in [5.74, 6) is 2.91. The number of nitrogens with zero attached hydrogens (tertiary/aromatic N) is 1. The molecule has 0 bridgehead atoms. The van der Waals surface area contributed by atoms with E-state index in [1.165, 1.54) is 4.31 Å². The maximum Gasteiger partial charge on any atom is 0.245 e. The van der Waals surface area contributed by atoms with Crippen LogP contribution in [0.1, 0.15) is 18.4 Å². The zero-order chi connectivity index (χ0) is 15.5. The highest BCUT2D eigenvalue weighted by molar-refractivity contribution is 9.10. The molecule has 1 aromatic carbocycles. The Morgan fingerprint density at radius 3 is 2.76 bits per heavy atom. The van der Waals surface area contributed by atoms with Gasteiger partial charge in [-0.3, -0.25) is 0 Å². The third kappa shape index (κ3) is 4.07. The van der Waals surface area contributed by atoms with Gasteiger partial charge in [-0.05, 0) is 59.4 Å². The molecule has 4 nitrogen and oxygen atoms in total. The summed E-state index contributed by atoms with van der Waals surface area (Å²) in [5, 5.41) is 3.02. The van der Waals surface area contributed by atoms with Crippen molar-refractivity contribution in [1.29, 1.82) is 0 Å². The smallest absolute Gasteiger partial charge is 0.245 e. The molecule has 114 valence electrons. The zero-order valence-electron chi connectivity index (χ0n) is 12.0. The van der Waals surface area contributed by atoms with E-state index in [1.54, 1.807) is 12.1 Å². The number of terminal acetylenes is 1. The Kier molecular flexibility index (Phi) is 5.44. The van der Waals surface area contributed by atoms with Gasteiger partial charge in [0, 0.05) is 17.6 Å². The maximum atomic E-state index is 12.8. The molecule has 1 aliphatic carbocycles. The summed E-state index contributed by atoms with van der Waals surface area (Å²) in [6, 6.07) is 5.36. The Bertz CT molecular complexity index is 648. The average molecular weight is 371 g/mol. The van der Waals surface area contributed by atoms with Gasteiger partial charge in [-0.15, -0.1) is 6.42 Å². The normalized spacial score (nSPS) is 15.1. The average Bonchev–Trinajstić information content (AvgIpc) is 3.24. The molecule has 21 heavy (non-hydrogen) atoms. The first-order valence-electron chi connectivity index (χ1n) is 6.85. The first-order valence-corrected chi connectivity index (χ1v) is 9.09. The second-order valence-corrected chi connectivity index (χ2v) is 8.00. The number of benzene rings is 1. The molecule has 1 saturated carbocycles. The summed E-state index contributed by atoms with van der Waals surface area (Å²) in [5.41, 5.74) is 0.923. The lowest BCUT2D eigenvalue weighted by molar-refractivity contribution is 0.429. The Hall–Kier alpha value is -0.870. The van der Waals surface area contributed by atoms with Crippen molar-refractivity contribution in [2.45, 2.75) is 24.3 Å². The van der Waals surface area contributed by atoms with Gasteiger partial charge in [0.05, 0.1) is 11.4 Å². The van der Waals surface area contributed by atoms with Crippen molar-refractivity contribution in [3.8, 4) is 12.3 Å². The van der Waals surface area contributed by atoms with Crippen LogP contribution in [0.25, 0.3) is 0 Å². The molecule has 2 rings (SSSR count). The Balaban J connectivity index is 2.35. The molecule has 1 N–H and O–H groups in total. The minimum atomic E-state index is -3.57. The van der Waals surface area contributed by atoms with Crippen molar-refractivity contribution in [3.05, 3.63) is 28.2 Å². The van der Waals surface area contributed by atoms with Gasteiger partial charge in [0.2, 0.25) is 10.0 Å². The summed E-state index contributed by atoms with van der Waals surface area (Å²) in [6.07, 6.45) is 7.50. The largest absolute Gasteiger partial charge is 0.316 e. The van der Waals surface area contributed by atoms with Crippen LogP contribution in [-0.4, -0.2) is 32.9 Å². The predicted molar refractivity (Wildman–Crippen MR) is 87.2 cm³/mol. The fraction of sp³-hybridized carbons (Fsp3) is 0.467. The molecule has 1 aliphatic rings. The lowest BCUT2D eigenvalue weighted by Crippen LogP contribution is -2.33. The van der Waals surface area contributed by atoms with E-state index >= 15 is 0 Å². The van der Waals surface area contributed by atoms with Crippen molar-refractivity contribution >= 4 is 26.0 Å². The van der Waals surface area contributed by atoms with Crippen LogP contribution in [0.3, 0.4) is 0 Å². The van der Waals surface area contributed by atoms with E-state index in [1.807, 2.05) is 13.1 Å². The van der Waals surface area contributed by atoms with Gasteiger partial charge in [-0.1, -0.05) is 12.0 Å². The van der Waals surface area contributed by atoms with E-state index in [4.69, 9.17) is 6.42 Å². The molecule has 0 aliphatic heterocycles. The Morgan fingerprint density at radius 1 is 1.48 bits per heavy atom. The van der Waals surface area contributed by atoms with E-state index in [2.05, 4.69) is 27.2 Å². The number of sulfonamides is 1. The number of rotatable bonds is 7. The number of halogens is 1. The first-order chi connectivity index (χ1) is 9.98. The lowest BCUT2D eigenvalue weighted by Gasteiger charge is -2.21. The number of hydrogen-bond acceptors (Lipinski definition) is 3. The van der Waals surface area contributed by atoms with Crippen LogP contribution in [0.4, 0.5) is 0 Å². The monoisotopic (exact) mass is 370 g/mol. The predicted octanol–water partition coefficient (Wildman–Crippen LogP) is 2.20. The van der Waals surface area contributed by atoms with Crippen LogP contribution in [0.15, 0.2) is 27.6 Å². The van der Waals surface area contributed by atoms with Crippen molar-refractivity contribution < 1.29 is 8.42 Å². The highest BCUT2D eigenvalue weighted by Gasteiger charge is 2.32. The quantitative estimate of drug-likeness (QED) is 0.748. The van der Waals surface area contributed by atoms with Crippen LogP contribution < -0.4 is 5.32 Å². The fourth-order valence-corrected chi connectivity index (χ4v) is 4.54. The third-order valence-corrected chi connectivity index (χ3v) is 6.23. The molecule has 0 unspecified atom stereocenters. The summed E-state index contributed by atoms with van der Waals surface area (Å²) in [6.45, 7) is 1.24. The SMILES string of the molecule is C#CCN(CC1CC1)S(=O)(=O)c1cc(CNC)ccc1Br. The van der Waals surface area contributed by atoms with Gasteiger partial charge in [-0.25, -0.2) is 8.42 Å².